The summed E-state index contributed by atoms with van der Waals surface area (Å²) in [6, 6.07) is 1.53. The number of aliphatic hydroxyl groups is 1. The van der Waals surface area contributed by atoms with Crippen molar-refractivity contribution in [2.75, 3.05) is 19.3 Å². The summed E-state index contributed by atoms with van der Waals surface area (Å²) in [5, 5.41) is 10.2. The van der Waals surface area contributed by atoms with Gasteiger partial charge in [-0.25, -0.2) is 4.98 Å². The van der Waals surface area contributed by atoms with Crippen LogP contribution in [-0.4, -0.2) is 40.6 Å². The molecule has 1 amide bonds. The van der Waals surface area contributed by atoms with Crippen molar-refractivity contribution in [2.45, 2.75) is 31.8 Å². The van der Waals surface area contributed by atoms with Crippen LogP contribution in [0.4, 0.5) is 5.82 Å². The van der Waals surface area contributed by atoms with Crippen molar-refractivity contribution < 1.29 is 9.90 Å². The largest absolute Gasteiger partial charge is 0.393 e. The Labute approximate surface area is 123 Å². The zero-order valence-corrected chi connectivity index (χ0v) is 12.3. The van der Waals surface area contributed by atoms with E-state index in [1.165, 1.54) is 12.3 Å². The number of pyridine rings is 1. The molecule has 6 heteroatoms. The molecule has 1 aromatic rings. The van der Waals surface area contributed by atoms with E-state index < -0.39 is 0 Å². The minimum Gasteiger partial charge on any atom is -0.393 e. The molecule has 110 valence electrons. The normalized spacial score (nSPS) is 22.6. The fourth-order valence-corrected chi connectivity index (χ4v) is 2.79. The van der Waals surface area contributed by atoms with Gasteiger partial charge in [-0.05, 0) is 18.9 Å². The van der Waals surface area contributed by atoms with Gasteiger partial charge in [0.2, 0.25) is 0 Å². The molecule has 2 rings (SSSR count). The van der Waals surface area contributed by atoms with E-state index in [0.717, 1.165) is 25.7 Å². The topological polar surface area (TPSA) is 79.5 Å². The number of carbonyl (C=O) groups excluding carboxylic acids is 1. The summed E-state index contributed by atoms with van der Waals surface area (Å²) < 4.78 is 0. The number of nitrogens with two attached hydrogens (primary N) is 1. The molecule has 1 aliphatic rings. The van der Waals surface area contributed by atoms with E-state index in [9.17, 15) is 9.90 Å². The van der Waals surface area contributed by atoms with Crippen LogP contribution in [-0.2, 0) is 0 Å². The van der Waals surface area contributed by atoms with Crippen LogP contribution in [0.1, 0.15) is 36.0 Å². The summed E-state index contributed by atoms with van der Waals surface area (Å²) in [6.07, 6.45) is 5.07. The maximum Gasteiger partial charge on any atom is 0.255 e. The summed E-state index contributed by atoms with van der Waals surface area (Å²) in [4.78, 5) is 17.8. The van der Waals surface area contributed by atoms with E-state index in [2.05, 4.69) is 4.98 Å². The fraction of sp³-hybridized carbons (Fsp3) is 0.571. The molecule has 0 radical (unpaired) electrons. The van der Waals surface area contributed by atoms with Gasteiger partial charge in [0, 0.05) is 25.7 Å². The van der Waals surface area contributed by atoms with E-state index >= 15 is 0 Å². The van der Waals surface area contributed by atoms with Gasteiger partial charge < -0.3 is 15.7 Å². The highest BCUT2D eigenvalue weighted by atomic mass is 35.5. The number of nitrogen functional groups attached to an aromatic ring is 1. The number of aliphatic hydroxyl groups excluding tert-OH is 1. The van der Waals surface area contributed by atoms with Gasteiger partial charge in [-0.1, -0.05) is 24.4 Å². The summed E-state index contributed by atoms with van der Waals surface area (Å²) in [5.74, 6) is 0.209. The summed E-state index contributed by atoms with van der Waals surface area (Å²) >= 11 is 5.88. The molecule has 3 N–H and O–H groups in total. The Balaban J connectivity index is 2.02. The number of aromatic nitrogens is 1. The number of hydrogen-bond donors (Lipinski definition) is 2. The van der Waals surface area contributed by atoms with E-state index in [4.69, 9.17) is 17.3 Å². The van der Waals surface area contributed by atoms with Crippen LogP contribution in [0.2, 0.25) is 5.02 Å². The maximum atomic E-state index is 12.3. The second-order valence-corrected chi connectivity index (χ2v) is 5.80. The molecule has 1 fully saturated rings. The third kappa shape index (κ3) is 3.41. The number of nitrogens with zero attached hydrogens (tertiary/aromatic N) is 2. The maximum absolute atomic E-state index is 12.3. The Morgan fingerprint density at radius 3 is 2.90 bits per heavy atom. The first-order valence-corrected chi connectivity index (χ1v) is 7.21. The smallest absolute Gasteiger partial charge is 0.255 e. The second-order valence-electron chi connectivity index (χ2n) is 5.39. The lowest BCUT2D eigenvalue weighted by Crippen LogP contribution is -2.38. The standard InChI is InChI=1S/C14H20ClN3O2/c1-18(8-9-4-2-3-5-12(9)19)14(20)10-6-11(15)13(16)17-7-10/h6-7,9,12,19H,2-5,8H2,1H3,(H2,16,17). The Morgan fingerprint density at radius 1 is 1.55 bits per heavy atom. The van der Waals surface area contributed by atoms with Crippen LogP contribution in [0.3, 0.4) is 0 Å². The predicted molar refractivity (Wildman–Crippen MR) is 78.6 cm³/mol. The van der Waals surface area contributed by atoms with Crippen molar-refractivity contribution in [1.82, 2.24) is 9.88 Å². The predicted octanol–water partition coefficient (Wildman–Crippen LogP) is 1.94. The fourth-order valence-electron chi connectivity index (χ4n) is 2.62. The molecule has 0 saturated heterocycles. The van der Waals surface area contributed by atoms with E-state index in [1.54, 1.807) is 11.9 Å². The van der Waals surface area contributed by atoms with Crippen molar-refractivity contribution in [1.29, 1.82) is 0 Å². The molecular formula is C14H20ClN3O2. The van der Waals surface area contributed by atoms with E-state index in [0.29, 0.717) is 12.1 Å². The van der Waals surface area contributed by atoms with Gasteiger partial charge in [0.1, 0.15) is 5.82 Å². The van der Waals surface area contributed by atoms with Crippen molar-refractivity contribution in [2.24, 2.45) is 5.92 Å². The van der Waals surface area contributed by atoms with Gasteiger partial charge in [-0.3, -0.25) is 4.79 Å². The quantitative estimate of drug-likeness (QED) is 0.893. The first kappa shape index (κ1) is 15.1. The van der Waals surface area contributed by atoms with Crippen molar-refractivity contribution in [3.8, 4) is 0 Å². The first-order valence-electron chi connectivity index (χ1n) is 6.83. The second kappa shape index (κ2) is 6.41. The Bertz CT molecular complexity index is 495. The molecule has 0 spiro atoms. The van der Waals surface area contributed by atoms with Crippen LogP contribution in [0.5, 0.6) is 0 Å². The number of rotatable bonds is 3. The number of hydrogen-bond acceptors (Lipinski definition) is 4. The number of amides is 1. The lowest BCUT2D eigenvalue weighted by atomic mass is 9.86. The van der Waals surface area contributed by atoms with Gasteiger partial charge in [-0.15, -0.1) is 0 Å². The zero-order valence-electron chi connectivity index (χ0n) is 11.6. The molecule has 1 heterocycles. The van der Waals surface area contributed by atoms with Crippen molar-refractivity contribution >= 4 is 23.3 Å². The number of halogens is 1. The van der Waals surface area contributed by atoms with Gasteiger partial charge in [0.25, 0.3) is 5.91 Å². The summed E-state index contributed by atoms with van der Waals surface area (Å²) in [5.41, 5.74) is 5.95. The SMILES string of the molecule is CN(CC1CCCCC1O)C(=O)c1cnc(N)c(Cl)c1. The monoisotopic (exact) mass is 297 g/mol. The third-order valence-corrected chi connectivity index (χ3v) is 4.14. The molecule has 1 aromatic heterocycles. The Kier molecular flexibility index (Phi) is 4.83. The molecule has 20 heavy (non-hydrogen) atoms. The lowest BCUT2D eigenvalue weighted by Gasteiger charge is -2.31. The minimum atomic E-state index is -0.313. The van der Waals surface area contributed by atoms with Crippen LogP contribution < -0.4 is 5.73 Å². The molecule has 2 unspecified atom stereocenters. The van der Waals surface area contributed by atoms with E-state index in [1.807, 2.05) is 0 Å². The molecular weight excluding hydrogens is 278 g/mol. The van der Waals surface area contributed by atoms with Gasteiger partial charge in [-0.2, -0.15) is 0 Å². The van der Waals surface area contributed by atoms with E-state index in [-0.39, 0.29) is 28.8 Å². The van der Waals surface area contributed by atoms with Gasteiger partial charge >= 0.3 is 0 Å². The highest BCUT2D eigenvalue weighted by Crippen LogP contribution is 2.25. The number of carbonyl (C=O) groups is 1. The van der Waals surface area contributed by atoms with Crippen LogP contribution in [0.25, 0.3) is 0 Å². The van der Waals surface area contributed by atoms with Crippen molar-refractivity contribution in [3.63, 3.8) is 0 Å². The van der Waals surface area contributed by atoms with Gasteiger partial charge in [0.05, 0.1) is 16.7 Å². The van der Waals surface area contributed by atoms with Gasteiger partial charge in [0.15, 0.2) is 0 Å². The molecule has 1 saturated carbocycles. The average molecular weight is 298 g/mol. The highest BCUT2D eigenvalue weighted by Gasteiger charge is 2.26. The lowest BCUT2D eigenvalue weighted by molar-refractivity contribution is 0.0451. The van der Waals surface area contributed by atoms with Crippen LogP contribution in [0, 0.1) is 5.92 Å². The molecule has 1 aliphatic carbocycles. The number of anilines is 1. The van der Waals surface area contributed by atoms with Crippen LogP contribution in [0.15, 0.2) is 12.3 Å². The summed E-state index contributed by atoms with van der Waals surface area (Å²) in [6.45, 7) is 0.544. The third-order valence-electron chi connectivity index (χ3n) is 3.84. The minimum absolute atomic E-state index is 0.148. The first-order chi connectivity index (χ1) is 9.49. The summed E-state index contributed by atoms with van der Waals surface area (Å²) in [7, 11) is 1.73. The van der Waals surface area contributed by atoms with Crippen molar-refractivity contribution in [3.05, 3.63) is 22.8 Å². The molecule has 0 aromatic carbocycles. The molecule has 2 atom stereocenters. The van der Waals surface area contributed by atoms with Crippen LogP contribution >= 0.6 is 11.6 Å². The Hall–Kier alpha value is -1.33. The zero-order chi connectivity index (χ0) is 14.7. The molecule has 5 nitrogen and oxygen atoms in total. The Morgan fingerprint density at radius 2 is 2.25 bits per heavy atom. The highest BCUT2D eigenvalue weighted by molar-refractivity contribution is 6.33. The molecule has 0 bridgehead atoms. The molecule has 0 aliphatic heterocycles. The average Bonchev–Trinajstić information content (AvgIpc) is 2.43.